The molecule has 6 nitrogen and oxygen atoms in total. The molecule has 7 heteroatoms. The molecule has 0 radical (unpaired) electrons. The van der Waals surface area contributed by atoms with Crippen LogP contribution in [0.1, 0.15) is 31.6 Å². The average Bonchev–Trinajstić information content (AvgIpc) is 3.31. The summed E-state index contributed by atoms with van der Waals surface area (Å²) >= 11 is 1.86. The Morgan fingerprint density at radius 2 is 1.89 bits per heavy atom. The quantitative estimate of drug-likeness (QED) is 0.365. The molecule has 0 unspecified atom stereocenters. The summed E-state index contributed by atoms with van der Waals surface area (Å²) in [6.45, 7) is 11.3. The van der Waals surface area contributed by atoms with Crippen LogP contribution in [-0.4, -0.2) is 59.2 Å². The van der Waals surface area contributed by atoms with Crippen LogP contribution in [0.25, 0.3) is 32.4 Å². The molecule has 35 heavy (non-hydrogen) atoms. The summed E-state index contributed by atoms with van der Waals surface area (Å²) in [6, 6.07) is 10.7. The normalized spacial score (nSPS) is 18.2. The number of aromatic nitrogens is 3. The van der Waals surface area contributed by atoms with Gasteiger partial charge in [-0.25, -0.2) is 9.97 Å². The standard InChI is InChI=1S/C28H33N5OS/c1-19(2)20-7-10-32(11-8-20)18-22-16-25-26(35-22)28(33-12-14-34-15-13-33)31-27(30-25)23-5-3-4-21-6-9-29-17-24(21)23/h3-6,9,16-17,19-20H,7-8,10-15,18H2,1-2H3. The van der Waals surface area contributed by atoms with E-state index >= 15 is 0 Å². The molecule has 6 rings (SSSR count). The van der Waals surface area contributed by atoms with Crippen LogP contribution in [0.2, 0.25) is 0 Å². The molecule has 2 aliphatic rings. The summed E-state index contributed by atoms with van der Waals surface area (Å²) in [6.07, 6.45) is 6.37. The molecule has 2 saturated heterocycles. The van der Waals surface area contributed by atoms with Crippen LogP contribution >= 0.6 is 11.3 Å². The summed E-state index contributed by atoms with van der Waals surface area (Å²) < 4.78 is 6.84. The number of ether oxygens (including phenoxy) is 1. The number of hydrogen-bond donors (Lipinski definition) is 0. The number of benzene rings is 1. The highest BCUT2D eigenvalue weighted by atomic mass is 32.1. The Kier molecular flexibility index (Phi) is 6.39. The Labute approximate surface area is 211 Å². The number of thiophene rings is 1. The van der Waals surface area contributed by atoms with Crippen LogP contribution in [0.15, 0.2) is 42.7 Å². The summed E-state index contributed by atoms with van der Waals surface area (Å²) in [5.74, 6) is 3.48. The highest BCUT2D eigenvalue weighted by molar-refractivity contribution is 7.19. The minimum absolute atomic E-state index is 0.738. The monoisotopic (exact) mass is 487 g/mol. The van der Waals surface area contributed by atoms with Crippen molar-refractivity contribution in [2.45, 2.75) is 33.2 Å². The SMILES string of the molecule is CC(C)C1CCN(Cc2cc3nc(-c4cccc5ccncc45)nc(N4CCOCC4)c3s2)CC1. The second-order valence-corrected chi connectivity index (χ2v) is 11.3. The van der Waals surface area contributed by atoms with Gasteiger partial charge in [-0.3, -0.25) is 9.88 Å². The van der Waals surface area contributed by atoms with E-state index in [9.17, 15) is 0 Å². The maximum Gasteiger partial charge on any atom is 0.162 e. The average molecular weight is 488 g/mol. The zero-order chi connectivity index (χ0) is 23.8. The number of rotatable bonds is 5. The molecule has 4 aromatic rings. The Morgan fingerprint density at radius 1 is 1.06 bits per heavy atom. The van der Waals surface area contributed by atoms with Crippen LogP contribution in [0.4, 0.5) is 5.82 Å². The largest absolute Gasteiger partial charge is 0.378 e. The van der Waals surface area contributed by atoms with Crippen molar-refractivity contribution in [2.24, 2.45) is 11.8 Å². The van der Waals surface area contributed by atoms with Crippen LogP contribution in [0.5, 0.6) is 0 Å². The number of anilines is 1. The third kappa shape index (κ3) is 4.65. The van der Waals surface area contributed by atoms with E-state index in [2.05, 4.69) is 52.9 Å². The zero-order valence-corrected chi connectivity index (χ0v) is 21.4. The molecule has 0 bridgehead atoms. The van der Waals surface area contributed by atoms with E-state index in [1.54, 1.807) is 0 Å². The lowest BCUT2D eigenvalue weighted by atomic mass is 9.87. The number of likely N-dealkylation sites (tertiary alicyclic amines) is 1. The first-order chi connectivity index (χ1) is 17.2. The second kappa shape index (κ2) is 9.80. The molecule has 2 aliphatic heterocycles. The molecule has 0 atom stereocenters. The van der Waals surface area contributed by atoms with E-state index in [1.807, 2.05) is 29.8 Å². The topological polar surface area (TPSA) is 54.4 Å². The van der Waals surface area contributed by atoms with E-state index in [-0.39, 0.29) is 0 Å². The van der Waals surface area contributed by atoms with Gasteiger partial charge >= 0.3 is 0 Å². The highest BCUT2D eigenvalue weighted by Crippen LogP contribution is 2.37. The Hall–Kier alpha value is -2.61. The van der Waals surface area contributed by atoms with Crippen molar-refractivity contribution in [3.05, 3.63) is 47.6 Å². The molecule has 0 saturated carbocycles. The molecule has 0 amide bonds. The molecule has 3 aromatic heterocycles. The second-order valence-electron chi connectivity index (χ2n) is 10.2. The lowest BCUT2D eigenvalue weighted by molar-refractivity contribution is 0.122. The van der Waals surface area contributed by atoms with Crippen LogP contribution in [-0.2, 0) is 11.3 Å². The lowest BCUT2D eigenvalue weighted by Gasteiger charge is -2.33. The Balaban J connectivity index is 1.38. The molecular weight excluding hydrogens is 454 g/mol. The van der Waals surface area contributed by atoms with E-state index in [4.69, 9.17) is 14.7 Å². The molecule has 0 N–H and O–H groups in total. The highest BCUT2D eigenvalue weighted by Gasteiger charge is 2.24. The Bertz CT molecular complexity index is 1320. The number of morpholine rings is 1. The van der Waals surface area contributed by atoms with Gasteiger partial charge in [-0.2, -0.15) is 0 Å². The van der Waals surface area contributed by atoms with Crippen LogP contribution < -0.4 is 4.90 Å². The fraction of sp³-hybridized carbons (Fsp3) is 0.464. The number of fused-ring (bicyclic) bond motifs is 2. The predicted octanol–water partition coefficient (Wildman–Crippen LogP) is 5.61. The molecule has 182 valence electrons. The fourth-order valence-electron chi connectivity index (χ4n) is 5.46. The molecular formula is C28H33N5OS. The first-order valence-electron chi connectivity index (χ1n) is 12.8. The summed E-state index contributed by atoms with van der Waals surface area (Å²) in [5, 5.41) is 2.25. The summed E-state index contributed by atoms with van der Waals surface area (Å²) in [4.78, 5) is 21.0. The number of nitrogens with zero attached hydrogens (tertiary/aromatic N) is 5. The third-order valence-electron chi connectivity index (χ3n) is 7.59. The van der Waals surface area contributed by atoms with Gasteiger partial charge in [0.2, 0.25) is 0 Å². The number of pyridine rings is 1. The van der Waals surface area contributed by atoms with Gasteiger partial charge in [-0.1, -0.05) is 32.0 Å². The van der Waals surface area contributed by atoms with Crippen LogP contribution in [0, 0.1) is 11.8 Å². The maximum absolute atomic E-state index is 5.64. The maximum atomic E-state index is 5.64. The van der Waals surface area contributed by atoms with Crippen molar-refractivity contribution in [3.8, 4) is 11.4 Å². The van der Waals surface area contributed by atoms with Gasteiger partial charge in [0.25, 0.3) is 0 Å². The fourth-order valence-corrected chi connectivity index (χ4v) is 6.61. The number of hydrogen-bond acceptors (Lipinski definition) is 7. The predicted molar refractivity (Wildman–Crippen MR) is 144 cm³/mol. The third-order valence-corrected chi connectivity index (χ3v) is 8.70. The van der Waals surface area contributed by atoms with Crippen molar-refractivity contribution in [1.82, 2.24) is 19.9 Å². The summed E-state index contributed by atoms with van der Waals surface area (Å²) in [7, 11) is 0. The van der Waals surface area contributed by atoms with Gasteiger partial charge in [-0.05, 0) is 55.3 Å². The zero-order valence-electron chi connectivity index (χ0n) is 20.6. The Morgan fingerprint density at radius 3 is 2.69 bits per heavy atom. The molecule has 0 aliphatic carbocycles. The van der Waals surface area contributed by atoms with Crippen molar-refractivity contribution in [2.75, 3.05) is 44.3 Å². The molecule has 0 spiro atoms. The molecule has 1 aromatic carbocycles. The van der Waals surface area contributed by atoms with E-state index in [0.717, 1.165) is 78.2 Å². The lowest BCUT2D eigenvalue weighted by Crippen LogP contribution is -2.36. The van der Waals surface area contributed by atoms with Crippen molar-refractivity contribution in [1.29, 1.82) is 0 Å². The first kappa shape index (κ1) is 22.8. The van der Waals surface area contributed by atoms with Crippen LogP contribution in [0.3, 0.4) is 0 Å². The number of piperidine rings is 1. The van der Waals surface area contributed by atoms with E-state index in [1.165, 1.54) is 35.5 Å². The summed E-state index contributed by atoms with van der Waals surface area (Å²) in [5.41, 5.74) is 2.09. The van der Waals surface area contributed by atoms with Gasteiger partial charge in [0.1, 0.15) is 0 Å². The van der Waals surface area contributed by atoms with Gasteiger partial charge in [0.15, 0.2) is 11.6 Å². The van der Waals surface area contributed by atoms with Gasteiger partial charge in [0.05, 0.1) is 23.4 Å². The minimum Gasteiger partial charge on any atom is -0.378 e. The van der Waals surface area contributed by atoms with E-state index < -0.39 is 0 Å². The smallest absolute Gasteiger partial charge is 0.162 e. The van der Waals surface area contributed by atoms with Crippen molar-refractivity contribution < 1.29 is 4.74 Å². The van der Waals surface area contributed by atoms with E-state index in [0.29, 0.717) is 0 Å². The molecule has 5 heterocycles. The van der Waals surface area contributed by atoms with Crippen molar-refractivity contribution >= 4 is 38.1 Å². The molecule has 2 fully saturated rings. The van der Waals surface area contributed by atoms with Gasteiger partial charge < -0.3 is 9.64 Å². The first-order valence-corrected chi connectivity index (χ1v) is 13.7. The van der Waals surface area contributed by atoms with Gasteiger partial charge in [-0.15, -0.1) is 11.3 Å². The van der Waals surface area contributed by atoms with Gasteiger partial charge in [0, 0.05) is 47.9 Å². The van der Waals surface area contributed by atoms with Crippen molar-refractivity contribution in [3.63, 3.8) is 0 Å². The minimum atomic E-state index is 0.738.